The highest BCUT2D eigenvalue weighted by molar-refractivity contribution is 7.92. The zero-order chi connectivity index (χ0) is 19.0. The number of amides is 3. The number of hydrogen-bond acceptors (Lipinski definition) is 6. The predicted molar refractivity (Wildman–Crippen MR) is 90.3 cm³/mol. The maximum atomic E-state index is 12.1. The number of carbonyl (C=O) groups excluding carboxylic acids is 3. The second-order valence-corrected chi connectivity index (χ2v) is 7.39. The highest BCUT2D eigenvalue weighted by Crippen LogP contribution is 2.09. The first-order valence-corrected chi connectivity index (χ1v) is 9.10. The van der Waals surface area contributed by atoms with Crippen molar-refractivity contribution >= 4 is 33.2 Å². The molecular formula is C15H18N4O5S. The van der Waals surface area contributed by atoms with Gasteiger partial charge in [0.05, 0.1) is 6.07 Å². The van der Waals surface area contributed by atoms with E-state index < -0.39 is 33.4 Å². The topological polar surface area (TPSA) is 145 Å². The van der Waals surface area contributed by atoms with Gasteiger partial charge in [0.25, 0.3) is 5.91 Å². The molecule has 1 rings (SSSR count). The molecule has 0 aromatic heterocycles. The lowest BCUT2D eigenvalue weighted by Gasteiger charge is -2.15. The Morgan fingerprint density at radius 2 is 1.76 bits per heavy atom. The number of nitrogens with zero attached hydrogens (tertiary/aromatic N) is 1. The standard InChI is InChI=1S/C15H18N4O5S/c1-10(20)19-12-5-3-11(4-6-12)14(21)18-9-13(25(2,23)24)15(22)17-8-7-16/h3-6,13H,8-9H2,1-2H3,(H,17,22)(H,18,21)(H,19,20). The number of sulfone groups is 1. The van der Waals surface area contributed by atoms with Gasteiger partial charge in [-0.15, -0.1) is 0 Å². The van der Waals surface area contributed by atoms with Gasteiger partial charge in [-0.2, -0.15) is 5.26 Å². The minimum absolute atomic E-state index is 0.235. The van der Waals surface area contributed by atoms with Gasteiger partial charge in [-0.3, -0.25) is 14.4 Å². The van der Waals surface area contributed by atoms with Crippen LogP contribution in [0.15, 0.2) is 24.3 Å². The Hall–Kier alpha value is -2.93. The summed E-state index contributed by atoms with van der Waals surface area (Å²) >= 11 is 0. The van der Waals surface area contributed by atoms with Gasteiger partial charge >= 0.3 is 0 Å². The lowest BCUT2D eigenvalue weighted by Crippen LogP contribution is -2.46. The van der Waals surface area contributed by atoms with Crippen molar-refractivity contribution < 1.29 is 22.8 Å². The van der Waals surface area contributed by atoms with Crippen LogP contribution in [-0.2, 0) is 19.4 Å². The van der Waals surface area contributed by atoms with E-state index in [1.807, 2.05) is 0 Å². The zero-order valence-electron chi connectivity index (χ0n) is 13.7. The molecule has 0 heterocycles. The molecule has 0 bridgehead atoms. The van der Waals surface area contributed by atoms with E-state index in [0.717, 1.165) is 6.26 Å². The van der Waals surface area contributed by atoms with Crippen molar-refractivity contribution in [2.24, 2.45) is 0 Å². The van der Waals surface area contributed by atoms with Gasteiger partial charge in [0, 0.05) is 31.0 Å². The van der Waals surface area contributed by atoms with Gasteiger partial charge < -0.3 is 16.0 Å². The summed E-state index contributed by atoms with van der Waals surface area (Å²) in [5.74, 6) is -1.68. The molecule has 134 valence electrons. The van der Waals surface area contributed by atoms with E-state index in [1.165, 1.54) is 31.2 Å². The number of benzene rings is 1. The Bertz CT molecular complexity index is 796. The number of nitrogens with one attached hydrogen (secondary N) is 3. The van der Waals surface area contributed by atoms with Gasteiger partial charge in [-0.25, -0.2) is 8.42 Å². The van der Waals surface area contributed by atoms with Crippen LogP contribution in [0.3, 0.4) is 0 Å². The Morgan fingerprint density at radius 3 is 2.24 bits per heavy atom. The molecule has 0 fully saturated rings. The lowest BCUT2D eigenvalue weighted by atomic mass is 10.2. The van der Waals surface area contributed by atoms with Gasteiger partial charge in [0.15, 0.2) is 15.1 Å². The average Bonchev–Trinajstić information content (AvgIpc) is 2.51. The molecule has 0 saturated carbocycles. The highest BCUT2D eigenvalue weighted by atomic mass is 32.2. The first-order chi connectivity index (χ1) is 11.6. The molecule has 1 aromatic carbocycles. The monoisotopic (exact) mass is 366 g/mol. The molecule has 25 heavy (non-hydrogen) atoms. The summed E-state index contributed by atoms with van der Waals surface area (Å²) in [6.07, 6.45) is 0.873. The van der Waals surface area contributed by atoms with Crippen LogP contribution in [0.5, 0.6) is 0 Å². The summed E-state index contributed by atoms with van der Waals surface area (Å²) in [6.45, 7) is 0.592. The predicted octanol–water partition coefficient (Wildman–Crippen LogP) is -0.572. The fourth-order valence-electron chi connectivity index (χ4n) is 1.87. The average molecular weight is 366 g/mol. The molecule has 9 nitrogen and oxygen atoms in total. The van der Waals surface area contributed by atoms with Crippen molar-refractivity contribution in [1.29, 1.82) is 5.26 Å². The number of nitriles is 1. The van der Waals surface area contributed by atoms with Crippen LogP contribution in [0.25, 0.3) is 0 Å². The van der Waals surface area contributed by atoms with Crippen molar-refractivity contribution in [3.05, 3.63) is 29.8 Å². The Labute approximate surface area is 145 Å². The van der Waals surface area contributed by atoms with Crippen molar-refractivity contribution in [2.75, 3.05) is 24.7 Å². The normalized spacial score (nSPS) is 11.7. The maximum absolute atomic E-state index is 12.1. The molecule has 0 saturated heterocycles. The van der Waals surface area contributed by atoms with Gasteiger partial charge in [-0.05, 0) is 24.3 Å². The number of anilines is 1. The van der Waals surface area contributed by atoms with Crippen LogP contribution in [-0.4, -0.2) is 50.7 Å². The minimum Gasteiger partial charge on any atom is -0.350 e. The third kappa shape index (κ3) is 6.60. The maximum Gasteiger partial charge on any atom is 0.251 e. The molecule has 1 atom stereocenters. The first kappa shape index (κ1) is 20.1. The Balaban J connectivity index is 2.76. The number of rotatable bonds is 7. The molecular weight excluding hydrogens is 348 g/mol. The molecule has 0 radical (unpaired) electrons. The van der Waals surface area contributed by atoms with Crippen molar-refractivity contribution in [3.8, 4) is 6.07 Å². The van der Waals surface area contributed by atoms with E-state index in [2.05, 4.69) is 16.0 Å². The third-order valence-corrected chi connectivity index (χ3v) is 4.48. The molecule has 3 amide bonds. The zero-order valence-corrected chi connectivity index (χ0v) is 14.5. The summed E-state index contributed by atoms with van der Waals surface area (Å²) in [6, 6.07) is 7.61. The third-order valence-electron chi connectivity index (χ3n) is 3.07. The summed E-state index contributed by atoms with van der Waals surface area (Å²) in [7, 11) is -3.78. The summed E-state index contributed by atoms with van der Waals surface area (Å²) < 4.78 is 23.4. The minimum atomic E-state index is -3.78. The largest absolute Gasteiger partial charge is 0.350 e. The van der Waals surface area contributed by atoms with Crippen LogP contribution < -0.4 is 16.0 Å². The van der Waals surface area contributed by atoms with Crippen LogP contribution in [0, 0.1) is 11.3 Å². The summed E-state index contributed by atoms with van der Waals surface area (Å²) in [5, 5.41) is 14.0. The molecule has 0 spiro atoms. The van der Waals surface area contributed by atoms with Gasteiger partial charge in [-0.1, -0.05) is 0 Å². The SMILES string of the molecule is CC(=O)Nc1ccc(C(=O)NCC(C(=O)NCC#N)S(C)(=O)=O)cc1. The van der Waals surface area contributed by atoms with E-state index in [-0.39, 0.29) is 18.0 Å². The second-order valence-electron chi connectivity index (χ2n) is 5.16. The smallest absolute Gasteiger partial charge is 0.251 e. The molecule has 0 aliphatic rings. The number of carbonyl (C=O) groups is 3. The van der Waals surface area contributed by atoms with Gasteiger partial charge in [0.1, 0.15) is 6.54 Å². The Morgan fingerprint density at radius 1 is 1.16 bits per heavy atom. The van der Waals surface area contributed by atoms with Crippen LogP contribution in [0.1, 0.15) is 17.3 Å². The van der Waals surface area contributed by atoms with Crippen LogP contribution in [0.2, 0.25) is 0 Å². The van der Waals surface area contributed by atoms with E-state index in [4.69, 9.17) is 5.26 Å². The molecule has 0 aliphatic heterocycles. The van der Waals surface area contributed by atoms with Crippen LogP contribution in [0.4, 0.5) is 5.69 Å². The van der Waals surface area contributed by atoms with Crippen LogP contribution >= 0.6 is 0 Å². The van der Waals surface area contributed by atoms with Crippen molar-refractivity contribution in [3.63, 3.8) is 0 Å². The molecule has 10 heteroatoms. The summed E-state index contributed by atoms with van der Waals surface area (Å²) in [4.78, 5) is 34.8. The molecule has 3 N–H and O–H groups in total. The first-order valence-electron chi connectivity index (χ1n) is 7.14. The lowest BCUT2D eigenvalue weighted by molar-refractivity contribution is -0.120. The Kier molecular flexibility index (Phi) is 7.07. The van der Waals surface area contributed by atoms with Crippen molar-refractivity contribution in [2.45, 2.75) is 12.2 Å². The van der Waals surface area contributed by atoms with E-state index in [0.29, 0.717) is 5.69 Å². The van der Waals surface area contributed by atoms with E-state index >= 15 is 0 Å². The van der Waals surface area contributed by atoms with Gasteiger partial charge in [0.2, 0.25) is 11.8 Å². The van der Waals surface area contributed by atoms with E-state index in [1.54, 1.807) is 6.07 Å². The molecule has 1 aromatic rings. The summed E-state index contributed by atoms with van der Waals surface area (Å²) in [5.41, 5.74) is 0.743. The van der Waals surface area contributed by atoms with Crippen molar-refractivity contribution in [1.82, 2.24) is 10.6 Å². The number of hydrogen-bond donors (Lipinski definition) is 3. The molecule has 1 unspecified atom stereocenters. The fourth-order valence-corrected chi connectivity index (χ4v) is 2.73. The fraction of sp³-hybridized carbons (Fsp3) is 0.333. The second kappa shape index (κ2) is 8.79. The highest BCUT2D eigenvalue weighted by Gasteiger charge is 2.29. The quantitative estimate of drug-likeness (QED) is 0.551. The van der Waals surface area contributed by atoms with E-state index in [9.17, 15) is 22.8 Å². The molecule has 0 aliphatic carbocycles.